The molecule has 0 amide bonds. The molecule has 0 bridgehead atoms. The quantitative estimate of drug-likeness (QED) is 0.707. The van der Waals surface area contributed by atoms with Crippen molar-refractivity contribution in [3.63, 3.8) is 0 Å². The third kappa shape index (κ3) is 2.01. The van der Waals surface area contributed by atoms with E-state index in [1.165, 1.54) is 0 Å². The van der Waals surface area contributed by atoms with Gasteiger partial charge in [0.15, 0.2) is 6.23 Å². The highest BCUT2D eigenvalue weighted by molar-refractivity contribution is 6.29. The number of aliphatic hydroxyl groups is 3. The van der Waals surface area contributed by atoms with Crippen LogP contribution >= 0.6 is 11.6 Å². The molecule has 0 radical (unpaired) electrons. The molecule has 3 N–H and O–H groups in total. The monoisotopic (exact) mass is 298 g/mol. The summed E-state index contributed by atoms with van der Waals surface area (Å²) in [5.41, 5.74) is 1.54. The van der Waals surface area contributed by atoms with Crippen molar-refractivity contribution in [1.82, 2.24) is 9.55 Å². The molecular formula is C13H15ClN2O4. The van der Waals surface area contributed by atoms with Crippen molar-refractivity contribution < 1.29 is 20.1 Å². The Kier molecular flexibility index (Phi) is 3.43. The second-order valence-electron chi connectivity index (χ2n) is 4.95. The highest BCUT2D eigenvalue weighted by Crippen LogP contribution is 2.33. The standard InChI is InChI=1S/C13H15ClN2O4/c1-6-4-9(14)15-12-7(6)2-3-16(12)13-11(19)10(18)8(5-17)20-13/h2-4,8,10-11,13,17-19H,5H2,1H3/t8-,10-,11-,13-/m1/s1. The topological polar surface area (TPSA) is 87.7 Å². The predicted molar refractivity (Wildman–Crippen MR) is 72.5 cm³/mol. The van der Waals surface area contributed by atoms with Gasteiger partial charge in [0, 0.05) is 11.6 Å². The van der Waals surface area contributed by atoms with Crippen LogP contribution in [-0.2, 0) is 4.74 Å². The van der Waals surface area contributed by atoms with Crippen LogP contribution in [0.4, 0.5) is 0 Å². The number of hydrogen-bond donors (Lipinski definition) is 3. The molecule has 7 heteroatoms. The van der Waals surface area contributed by atoms with Gasteiger partial charge in [0.25, 0.3) is 0 Å². The molecule has 1 fully saturated rings. The van der Waals surface area contributed by atoms with E-state index in [-0.39, 0.29) is 6.61 Å². The predicted octanol–water partition coefficient (Wildman–Crippen LogP) is 0.610. The molecule has 0 aliphatic carbocycles. The first-order chi connectivity index (χ1) is 9.52. The Bertz CT molecular complexity index is 645. The summed E-state index contributed by atoms with van der Waals surface area (Å²) >= 11 is 5.96. The number of halogens is 1. The maximum absolute atomic E-state index is 10.1. The summed E-state index contributed by atoms with van der Waals surface area (Å²) in [6.07, 6.45) is -2.16. The zero-order valence-electron chi connectivity index (χ0n) is 10.8. The maximum Gasteiger partial charge on any atom is 0.164 e. The number of pyridine rings is 1. The fraction of sp³-hybridized carbons (Fsp3) is 0.462. The van der Waals surface area contributed by atoms with E-state index in [2.05, 4.69) is 4.98 Å². The van der Waals surface area contributed by atoms with E-state index in [4.69, 9.17) is 21.4 Å². The lowest BCUT2D eigenvalue weighted by atomic mass is 10.1. The number of aromatic nitrogens is 2. The summed E-state index contributed by atoms with van der Waals surface area (Å²) in [6.45, 7) is 1.55. The van der Waals surface area contributed by atoms with E-state index < -0.39 is 24.5 Å². The summed E-state index contributed by atoms with van der Waals surface area (Å²) in [7, 11) is 0. The van der Waals surface area contributed by atoms with Crippen molar-refractivity contribution in [3.8, 4) is 0 Å². The molecule has 1 aliphatic rings. The lowest BCUT2D eigenvalue weighted by Crippen LogP contribution is -2.33. The minimum Gasteiger partial charge on any atom is -0.394 e. The van der Waals surface area contributed by atoms with Gasteiger partial charge in [0.2, 0.25) is 0 Å². The molecule has 4 atom stereocenters. The molecule has 0 aromatic carbocycles. The van der Waals surface area contributed by atoms with Crippen LogP contribution in [-0.4, -0.2) is 49.8 Å². The first-order valence-corrected chi connectivity index (χ1v) is 6.67. The number of aryl methyl sites for hydroxylation is 1. The van der Waals surface area contributed by atoms with Crippen LogP contribution in [0, 0.1) is 6.92 Å². The Balaban J connectivity index is 2.07. The van der Waals surface area contributed by atoms with Gasteiger partial charge >= 0.3 is 0 Å². The second kappa shape index (κ2) is 4.98. The zero-order valence-corrected chi connectivity index (χ0v) is 11.5. The first-order valence-electron chi connectivity index (χ1n) is 6.29. The Morgan fingerprint density at radius 2 is 2.15 bits per heavy atom. The average Bonchev–Trinajstić information content (AvgIpc) is 2.93. The van der Waals surface area contributed by atoms with Crippen molar-refractivity contribution >= 4 is 22.6 Å². The Morgan fingerprint density at radius 1 is 1.40 bits per heavy atom. The fourth-order valence-corrected chi connectivity index (χ4v) is 2.81. The van der Waals surface area contributed by atoms with E-state index >= 15 is 0 Å². The normalized spacial score (nSPS) is 30.2. The molecule has 3 heterocycles. The number of fused-ring (bicyclic) bond motifs is 1. The molecule has 108 valence electrons. The van der Waals surface area contributed by atoms with Gasteiger partial charge in [0.1, 0.15) is 29.1 Å². The van der Waals surface area contributed by atoms with E-state index in [1.807, 2.05) is 13.0 Å². The first kappa shape index (κ1) is 13.8. The third-order valence-electron chi connectivity index (χ3n) is 3.65. The molecule has 0 unspecified atom stereocenters. The number of nitrogens with zero attached hydrogens (tertiary/aromatic N) is 2. The van der Waals surface area contributed by atoms with Gasteiger partial charge in [-0.1, -0.05) is 11.6 Å². The Labute approximate surface area is 120 Å². The fourth-order valence-electron chi connectivity index (χ4n) is 2.57. The van der Waals surface area contributed by atoms with Crippen LogP contribution in [0.2, 0.25) is 5.15 Å². The highest BCUT2D eigenvalue weighted by atomic mass is 35.5. The molecule has 3 rings (SSSR count). The SMILES string of the molecule is Cc1cc(Cl)nc2c1ccn2[C@@H]1O[C@H](CO)[C@@H](O)[C@H]1O. The van der Waals surface area contributed by atoms with Crippen molar-refractivity contribution in [2.45, 2.75) is 31.5 Å². The van der Waals surface area contributed by atoms with Gasteiger partial charge in [-0.3, -0.25) is 0 Å². The molecule has 2 aromatic rings. The summed E-state index contributed by atoms with van der Waals surface area (Å²) in [6, 6.07) is 3.61. The zero-order chi connectivity index (χ0) is 14.4. The Morgan fingerprint density at radius 3 is 2.80 bits per heavy atom. The molecule has 0 spiro atoms. The number of rotatable bonds is 2. The molecule has 6 nitrogen and oxygen atoms in total. The number of hydrogen-bond acceptors (Lipinski definition) is 5. The third-order valence-corrected chi connectivity index (χ3v) is 3.85. The maximum atomic E-state index is 10.1. The van der Waals surface area contributed by atoms with Gasteiger partial charge in [-0.15, -0.1) is 0 Å². The van der Waals surface area contributed by atoms with E-state index in [0.717, 1.165) is 10.9 Å². The molecule has 1 aliphatic heterocycles. The summed E-state index contributed by atoms with van der Waals surface area (Å²) in [5, 5.41) is 30.2. The van der Waals surface area contributed by atoms with Gasteiger partial charge in [-0.05, 0) is 24.6 Å². The molecule has 2 aromatic heterocycles. The van der Waals surface area contributed by atoms with Crippen molar-refractivity contribution in [2.75, 3.05) is 6.61 Å². The minimum atomic E-state index is -1.14. The van der Waals surface area contributed by atoms with E-state index in [0.29, 0.717) is 10.8 Å². The summed E-state index contributed by atoms with van der Waals surface area (Å²) < 4.78 is 7.12. The van der Waals surface area contributed by atoms with E-state index in [1.54, 1.807) is 16.8 Å². The van der Waals surface area contributed by atoms with Crippen LogP contribution in [0.1, 0.15) is 11.8 Å². The van der Waals surface area contributed by atoms with Crippen LogP contribution < -0.4 is 0 Å². The lowest BCUT2D eigenvalue weighted by Gasteiger charge is -2.17. The van der Waals surface area contributed by atoms with Gasteiger partial charge in [0.05, 0.1) is 6.61 Å². The Hall–Kier alpha value is -1.18. The van der Waals surface area contributed by atoms with Crippen LogP contribution in [0.3, 0.4) is 0 Å². The number of aliphatic hydroxyl groups excluding tert-OH is 3. The van der Waals surface area contributed by atoms with Crippen LogP contribution in [0.5, 0.6) is 0 Å². The molecular weight excluding hydrogens is 284 g/mol. The average molecular weight is 299 g/mol. The largest absolute Gasteiger partial charge is 0.394 e. The smallest absolute Gasteiger partial charge is 0.164 e. The van der Waals surface area contributed by atoms with Crippen LogP contribution in [0.25, 0.3) is 11.0 Å². The molecule has 0 saturated carbocycles. The lowest BCUT2D eigenvalue weighted by molar-refractivity contribution is -0.0508. The number of ether oxygens (including phenoxy) is 1. The summed E-state index contributed by atoms with van der Waals surface area (Å²) in [5.74, 6) is 0. The molecule has 1 saturated heterocycles. The van der Waals surface area contributed by atoms with Crippen molar-refractivity contribution in [3.05, 3.63) is 29.0 Å². The summed E-state index contributed by atoms with van der Waals surface area (Å²) in [4.78, 5) is 4.24. The molecule has 20 heavy (non-hydrogen) atoms. The van der Waals surface area contributed by atoms with Gasteiger partial charge in [-0.2, -0.15) is 0 Å². The van der Waals surface area contributed by atoms with Crippen molar-refractivity contribution in [2.24, 2.45) is 0 Å². The minimum absolute atomic E-state index is 0.349. The van der Waals surface area contributed by atoms with E-state index in [9.17, 15) is 10.2 Å². The van der Waals surface area contributed by atoms with Gasteiger partial charge in [-0.25, -0.2) is 4.98 Å². The van der Waals surface area contributed by atoms with Crippen LogP contribution in [0.15, 0.2) is 18.3 Å². The highest BCUT2D eigenvalue weighted by Gasteiger charge is 2.43. The second-order valence-corrected chi connectivity index (χ2v) is 5.34. The van der Waals surface area contributed by atoms with Crippen molar-refractivity contribution in [1.29, 1.82) is 0 Å². The van der Waals surface area contributed by atoms with Gasteiger partial charge < -0.3 is 24.6 Å².